The molecule has 0 aliphatic carbocycles. The molecule has 5 nitrogen and oxygen atoms in total. The first-order chi connectivity index (χ1) is 14.5. The van der Waals surface area contributed by atoms with E-state index in [1.165, 1.54) is 12.5 Å². The number of benzene rings is 1. The van der Waals surface area contributed by atoms with Crippen molar-refractivity contribution in [1.29, 1.82) is 0 Å². The molecule has 1 aromatic rings. The predicted octanol–water partition coefficient (Wildman–Crippen LogP) is 4.24. The largest absolute Gasteiger partial charge is 0.356 e. The number of rotatable bonds is 9. The van der Waals surface area contributed by atoms with Crippen LogP contribution in [-0.2, 0) is 27.3 Å². The molecule has 0 spiro atoms. The molecule has 160 valence electrons. The lowest BCUT2D eigenvalue weighted by Gasteiger charge is -2.29. The molecule has 0 atom stereocenters. The summed E-state index contributed by atoms with van der Waals surface area (Å²) in [4.78, 5) is 37.8. The van der Waals surface area contributed by atoms with E-state index in [0.29, 0.717) is 25.8 Å². The topological polar surface area (TPSA) is 66.5 Å². The van der Waals surface area contributed by atoms with Gasteiger partial charge in [0.2, 0.25) is 11.8 Å². The quantitative estimate of drug-likeness (QED) is 0.664. The van der Waals surface area contributed by atoms with Gasteiger partial charge in [0, 0.05) is 31.5 Å². The maximum Gasteiger partial charge on any atom is 0.229 e. The number of ketones is 1. The van der Waals surface area contributed by atoms with Crippen LogP contribution in [0.3, 0.4) is 0 Å². The predicted molar refractivity (Wildman–Crippen MR) is 120 cm³/mol. The summed E-state index contributed by atoms with van der Waals surface area (Å²) < 4.78 is 0. The molecule has 1 aliphatic rings. The SMILES string of the molecule is C=C/C1=C(\C=C/C)N(C(=O)CCNC(=O)CCCC(C)=O)Cc2ccccc2CC1. The van der Waals surface area contributed by atoms with Gasteiger partial charge in [-0.2, -0.15) is 0 Å². The van der Waals surface area contributed by atoms with Crippen molar-refractivity contribution in [2.75, 3.05) is 6.54 Å². The van der Waals surface area contributed by atoms with E-state index in [1.54, 1.807) is 4.90 Å². The van der Waals surface area contributed by atoms with Gasteiger partial charge in [-0.1, -0.05) is 43.0 Å². The molecule has 1 heterocycles. The molecule has 0 fully saturated rings. The summed E-state index contributed by atoms with van der Waals surface area (Å²) in [5.41, 5.74) is 4.31. The number of hydrogen-bond donors (Lipinski definition) is 1. The molecule has 0 saturated carbocycles. The van der Waals surface area contributed by atoms with Crippen LogP contribution < -0.4 is 5.32 Å². The van der Waals surface area contributed by atoms with Crippen LogP contribution in [0, 0.1) is 0 Å². The van der Waals surface area contributed by atoms with Crippen molar-refractivity contribution < 1.29 is 14.4 Å². The molecule has 30 heavy (non-hydrogen) atoms. The van der Waals surface area contributed by atoms with Gasteiger partial charge in [0.25, 0.3) is 0 Å². The van der Waals surface area contributed by atoms with Crippen LogP contribution in [0.25, 0.3) is 0 Å². The number of nitrogens with zero attached hydrogens (tertiary/aromatic N) is 1. The van der Waals surface area contributed by atoms with Crippen LogP contribution in [0.5, 0.6) is 0 Å². The van der Waals surface area contributed by atoms with Crippen LogP contribution in [0.1, 0.15) is 57.1 Å². The summed E-state index contributed by atoms with van der Waals surface area (Å²) in [6.07, 6.45) is 8.91. The number of carbonyl (C=O) groups excluding carboxylic acids is 3. The van der Waals surface area contributed by atoms with Gasteiger partial charge in [-0.3, -0.25) is 9.59 Å². The first-order valence-electron chi connectivity index (χ1n) is 10.6. The maximum atomic E-state index is 13.1. The summed E-state index contributed by atoms with van der Waals surface area (Å²) in [5, 5.41) is 2.79. The number of amides is 2. The minimum atomic E-state index is -0.127. The fraction of sp³-hybridized carbons (Fsp3) is 0.400. The summed E-state index contributed by atoms with van der Waals surface area (Å²) in [6, 6.07) is 8.20. The molecule has 0 bridgehead atoms. The number of fused-ring (bicyclic) bond motifs is 1. The zero-order chi connectivity index (χ0) is 21.9. The average Bonchev–Trinajstić information content (AvgIpc) is 2.70. The fourth-order valence-corrected chi connectivity index (χ4v) is 3.60. The van der Waals surface area contributed by atoms with Crippen molar-refractivity contribution in [2.24, 2.45) is 0 Å². The van der Waals surface area contributed by atoms with Gasteiger partial charge in [-0.05, 0) is 55.9 Å². The van der Waals surface area contributed by atoms with Gasteiger partial charge in [-0.25, -0.2) is 0 Å². The maximum absolute atomic E-state index is 13.1. The van der Waals surface area contributed by atoms with Crippen molar-refractivity contribution in [3.8, 4) is 0 Å². The van der Waals surface area contributed by atoms with Gasteiger partial charge in [0.05, 0.1) is 6.54 Å². The van der Waals surface area contributed by atoms with Gasteiger partial charge >= 0.3 is 0 Å². The molecule has 5 heteroatoms. The lowest BCUT2D eigenvalue weighted by atomic mass is 9.95. The standard InChI is InChI=1S/C25H32N2O3/c1-4-9-23-20(5-2)14-15-21-11-6-7-12-22(21)18-27(23)25(30)16-17-26-24(29)13-8-10-19(3)28/h4-7,9,11-12H,2,8,10,13-18H2,1,3H3,(H,26,29)/b9-4-,23-20-. The van der Waals surface area contributed by atoms with E-state index in [4.69, 9.17) is 0 Å². The molecule has 0 saturated heterocycles. The third-order valence-corrected chi connectivity index (χ3v) is 5.20. The highest BCUT2D eigenvalue weighted by Crippen LogP contribution is 2.27. The zero-order valence-corrected chi connectivity index (χ0v) is 18.1. The third kappa shape index (κ3) is 6.83. The highest BCUT2D eigenvalue weighted by Gasteiger charge is 2.22. The highest BCUT2D eigenvalue weighted by atomic mass is 16.2. The second-order valence-corrected chi connectivity index (χ2v) is 7.52. The molecule has 2 amide bonds. The van der Waals surface area contributed by atoms with E-state index in [1.807, 2.05) is 37.3 Å². The monoisotopic (exact) mass is 408 g/mol. The van der Waals surface area contributed by atoms with Crippen molar-refractivity contribution in [1.82, 2.24) is 10.2 Å². The summed E-state index contributed by atoms with van der Waals surface area (Å²) in [6.45, 7) is 8.19. The van der Waals surface area contributed by atoms with Gasteiger partial charge in [-0.15, -0.1) is 0 Å². The van der Waals surface area contributed by atoms with E-state index in [0.717, 1.165) is 29.7 Å². The lowest BCUT2D eigenvalue weighted by molar-refractivity contribution is -0.129. The number of nitrogens with one attached hydrogen (secondary N) is 1. The van der Waals surface area contributed by atoms with E-state index in [-0.39, 0.29) is 30.6 Å². The van der Waals surface area contributed by atoms with Crippen molar-refractivity contribution in [3.63, 3.8) is 0 Å². The first-order valence-corrected chi connectivity index (χ1v) is 10.6. The molecule has 0 aromatic heterocycles. The lowest BCUT2D eigenvalue weighted by Crippen LogP contribution is -2.34. The van der Waals surface area contributed by atoms with Crippen LogP contribution in [0.15, 0.2) is 60.3 Å². The van der Waals surface area contributed by atoms with Crippen LogP contribution >= 0.6 is 0 Å². The fourth-order valence-electron chi connectivity index (χ4n) is 3.60. The van der Waals surface area contributed by atoms with E-state index >= 15 is 0 Å². The van der Waals surface area contributed by atoms with Gasteiger partial charge in [0.15, 0.2) is 0 Å². The highest BCUT2D eigenvalue weighted by molar-refractivity contribution is 5.81. The number of hydrogen-bond acceptors (Lipinski definition) is 3. The zero-order valence-electron chi connectivity index (χ0n) is 18.1. The Bertz CT molecular complexity index is 852. The molecule has 0 unspecified atom stereocenters. The molecular weight excluding hydrogens is 376 g/mol. The molecule has 1 N–H and O–H groups in total. The van der Waals surface area contributed by atoms with Crippen LogP contribution in [0.2, 0.25) is 0 Å². The first kappa shape index (κ1) is 23.3. The second kappa shape index (κ2) is 11.9. The third-order valence-electron chi connectivity index (χ3n) is 5.20. The Hall–Kier alpha value is -2.95. The molecule has 1 aliphatic heterocycles. The minimum absolute atomic E-state index is 0.0387. The Labute approximate surface area is 179 Å². The van der Waals surface area contributed by atoms with E-state index in [2.05, 4.69) is 24.0 Å². The average molecular weight is 409 g/mol. The number of aryl methyl sites for hydroxylation is 1. The summed E-state index contributed by atoms with van der Waals surface area (Å²) >= 11 is 0. The Morgan fingerprint density at radius 2 is 1.83 bits per heavy atom. The smallest absolute Gasteiger partial charge is 0.229 e. The van der Waals surface area contributed by atoms with Crippen molar-refractivity contribution in [3.05, 3.63) is 71.5 Å². The molecule has 0 radical (unpaired) electrons. The molecular formula is C25H32N2O3. The Morgan fingerprint density at radius 1 is 1.10 bits per heavy atom. The van der Waals surface area contributed by atoms with E-state index in [9.17, 15) is 14.4 Å². The van der Waals surface area contributed by atoms with Crippen molar-refractivity contribution in [2.45, 2.75) is 58.9 Å². The molecule has 2 rings (SSSR count). The van der Waals surface area contributed by atoms with E-state index < -0.39 is 0 Å². The Kier molecular flexibility index (Phi) is 9.26. The number of Topliss-reactive ketones (excluding diaryl/α,β-unsaturated/α-hetero) is 1. The van der Waals surface area contributed by atoms with Crippen LogP contribution in [-0.4, -0.2) is 29.0 Å². The van der Waals surface area contributed by atoms with Crippen molar-refractivity contribution >= 4 is 17.6 Å². The van der Waals surface area contributed by atoms with Gasteiger partial charge < -0.3 is 15.0 Å². The summed E-state index contributed by atoms with van der Waals surface area (Å²) in [5.74, 6) is -0.0853. The number of allylic oxidation sites excluding steroid dienone is 4. The Balaban J connectivity index is 2.10. The van der Waals surface area contributed by atoms with Crippen LogP contribution in [0.4, 0.5) is 0 Å². The summed E-state index contributed by atoms with van der Waals surface area (Å²) in [7, 11) is 0. The molecule has 1 aromatic carbocycles. The Morgan fingerprint density at radius 3 is 2.50 bits per heavy atom. The van der Waals surface area contributed by atoms with Gasteiger partial charge in [0.1, 0.15) is 5.78 Å². The number of carbonyl (C=O) groups is 3. The second-order valence-electron chi connectivity index (χ2n) is 7.52. The normalized spacial score (nSPS) is 16.5. The minimum Gasteiger partial charge on any atom is -0.356 e.